The van der Waals surface area contributed by atoms with Crippen molar-refractivity contribution in [1.82, 2.24) is 48.8 Å². The van der Waals surface area contributed by atoms with Gasteiger partial charge in [-0.15, -0.1) is 0 Å². The van der Waals surface area contributed by atoms with Crippen molar-refractivity contribution in [2.24, 2.45) is 11.8 Å². The summed E-state index contributed by atoms with van der Waals surface area (Å²) in [4.78, 5) is 55.0. The number of nitrogen functional groups attached to an aromatic ring is 1. The number of ether oxygens (including phenoxy) is 4. The van der Waals surface area contributed by atoms with Gasteiger partial charge in [-0.2, -0.15) is 0 Å². The number of H-pyrrole nitrogens is 1. The number of piperidine rings is 2. The number of anilines is 1. The highest BCUT2D eigenvalue weighted by molar-refractivity contribution is 9.10. The highest BCUT2D eigenvalue weighted by atomic mass is 79.9. The second kappa shape index (κ2) is 20.8. The number of rotatable bonds is 12. The molecule has 4 aliphatic rings. The second-order valence-corrected chi connectivity index (χ2v) is 20.7. The van der Waals surface area contributed by atoms with Crippen LogP contribution in [0.3, 0.4) is 0 Å². The van der Waals surface area contributed by atoms with Crippen LogP contribution in [0.2, 0.25) is 0 Å². The molecule has 68 heavy (non-hydrogen) atoms. The van der Waals surface area contributed by atoms with Crippen molar-refractivity contribution in [1.29, 1.82) is 5.41 Å². The van der Waals surface area contributed by atoms with Crippen LogP contribution in [0.1, 0.15) is 52.4 Å². The summed E-state index contributed by atoms with van der Waals surface area (Å²) in [6, 6.07) is 7.62. The Labute approximate surface area is 415 Å². The first-order valence-electron chi connectivity index (χ1n) is 22.2. The number of halogens is 2. The van der Waals surface area contributed by atoms with Gasteiger partial charge in [0.25, 0.3) is 11.8 Å². The number of amides is 2. The minimum atomic E-state index is -0.950. The first kappa shape index (κ1) is 47.9. The van der Waals surface area contributed by atoms with Crippen LogP contribution in [0.25, 0.3) is 22.3 Å². The number of carbonyl (C=O) groups is 2. The van der Waals surface area contributed by atoms with Gasteiger partial charge >= 0.3 is 0 Å². The van der Waals surface area contributed by atoms with Crippen LogP contribution in [0.15, 0.2) is 66.0 Å². The van der Waals surface area contributed by atoms with Gasteiger partial charge in [-0.1, -0.05) is 23.5 Å². The average molecular weight is 1100 g/mol. The molecule has 2 amide bonds. The van der Waals surface area contributed by atoms with E-state index in [4.69, 9.17) is 40.1 Å². The number of aromatic nitrogens is 8. The van der Waals surface area contributed by atoms with Gasteiger partial charge in [0.1, 0.15) is 24.1 Å². The van der Waals surface area contributed by atoms with Crippen molar-refractivity contribution in [2.45, 2.75) is 97.8 Å². The maximum absolute atomic E-state index is 12.1. The maximum atomic E-state index is 12.1. The second-order valence-electron chi connectivity index (χ2n) is 16.9. The number of aliphatic hydroxyl groups excluding tert-OH is 2. The number of hydrogen-bond donors (Lipinski definition) is 5. The van der Waals surface area contributed by atoms with Gasteiger partial charge in [-0.05, 0) is 120 Å². The van der Waals surface area contributed by atoms with E-state index in [2.05, 4.69) is 56.4 Å². The quantitative estimate of drug-likeness (QED) is 0.0949. The molecule has 2 saturated heterocycles. The molecule has 2 fully saturated rings. The Kier molecular flexibility index (Phi) is 14.7. The predicted octanol–water partition coefficient (Wildman–Crippen LogP) is 5.95. The van der Waals surface area contributed by atoms with E-state index >= 15 is 0 Å². The lowest BCUT2D eigenvalue weighted by Gasteiger charge is -2.32. The van der Waals surface area contributed by atoms with Gasteiger partial charge in [-0.25, -0.2) is 24.9 Å². The van der Waals surface area contributed by atoms with Gasteiger partial charge < -0.3 is 58.8 Å². The fraction of sp³-hybridized carbons (Fsp3) is 0.455. The molecule has 20 nitrogen and oxygen atoms in total. The van der Waals surface area contributed by atoms with E-state index in [1.54, 1.807) is 16.1 Å². The summed E-state index contributed by atoms with van der Waals surface area (Å²) in [5.41, 5.74) is 8.83. The van der Waals surface area contributed by atoms with Crippen molar-refractivity contribution < 1.29 is 38.7 Å². The van der Waals surface area contributed by atoms with Crippen molar-refractivity contribution in [3.8, 4) is 23.0 Å². The van der Waals surface area contributed by atoms with Gasteiger partial charge in [-0.3, -0.25) is 15.0 Å². The molecule has 6 N–H and O–H groups in total. The first-order chi connectivity index (χ1) is 32.8. The Morgan fingerprint density at radius 3 is 1.87 bits per heavy atom. The molecule has 6 aromatic rings. The number of nitrogens with zero attached hydrogens (tertiary/aromatic N) is 9. The molecule has 4 aliphatic heterocycles. The summed E-state index contributed by atoms with van der Waals surface area (Å²) in [7, 11) is 0. The molecule has 0 spiro atoms. The minimum Gasteiger partial charge on any atom is -0.454 e. The average Bonchev–Trinajstić information content (AvgIpc) is 4.15. The van der Waals surface area contributed by atoms with Crippen LogP contribution < -0.4 is 30.2 Å². The number of fused-ring (bicyclic) bond motifs is 4. The van der Waals surface area contributed by atoms with Crippen molar-refractivity contribution in [2.75, 3.05) is 45.5 Å². The summed E-state index contributed by atoms with van der Waals surface area (Å²) in [5, 5.41) is 28.7. The largest absolute Gasteiger partial charge is 0.454 e. The van der Waals surface area contributed by atoms with E-state index in [0.29, 0.717) is 101 Å². The van der Waals surface area contributed by atoms with Gasteiger partial charge in [0.2, 0.25) is 13.6 Å². The molecule has 8 heterocycles. The van der Waals surface area contributed by atoms with E-state index in [-0.39, 0.29) is 30.9 Å². The van der Waals surface area contributed by atoms with Crippen molar-refractivity contribution in [3.05, 3.63) is 51.4 Å². The zero-order valence-corrected chi connectivity index (χ0v) is 42.0. The minimum absolute atomic E-state index is 0.153. The van der Waals surface area contributed by atoms with E-state index in [1.165, 1.54) is 43.7 Å². The zero-order valence-electron chi connectivity index (χ0n) is 37.2. The lowest BCUT2D eigenvalue weighted by Crippen LogP contribution is -2.43. The van der Waals surface area contributed by atoms with Crippen LogP contribution in [0.5, 0.6) is 23.0 Å². The van der Waals surface area contributed by atoms with Crippen LogP contribution >= 0.6 is 55.4 Å². The van der Waals surface area contributed by atoms with E-state index in [0.717, 1.165) is 69.0 Å². The van der Waals surface area contributed by atoms with E-state index in [1.807, 2.05) is 28.8 Å². The highest BCUT2D eigenvalue weighted by Gasteiger charge is 2.28. The number of hydrogen-bond acceptors (Lipinski definition) is 17. The Morgan fingerprint density at radius 1 is 0.779 bits per heavy atom. The van der Waals surface area contributed by atoms with E-state index < -0.39 is 12.2 Å². The molecular weight excluding hydrogens is 1050 g/mol. The molecular formula is C44H50Br2N12O8S2. The third-order valence-corrected chi connectivity index (χ3v) is 16.2. The summed E-state index contributed by atoms with van der Waals surface area (Å²) in [5.74, 6) is 3.71. The fourth-order valence-corrected chi connectivity index (χ4v) is 11.5. The van der Waals surface area contributed by atoms with E-state index in [9.17, 15) is 19.8 Å². The maximum Gasteiger partial charge on any atom is 0.251 e. The highest BCUT2D eigenvalue weighted by Crippen LogP contribution is 2.44. The lowest BCUT2D eigenvalue weighted by molar-refractivity contribution is -0.141. The summed E-state index contributed by atoms with van der Waals surface area (Å²) in [6.07, 6.45) is 6.70. The predicted molar refractivity (Wildman–Crippen MR) is 257 cm³/mol. The number of likely N-dealkylation sites (tertiary alicyclic amines) is 2. The van der Waals surface area contributed by atoms with Crippen LogP contribution in [-0.2, 0) is 22.7 Å². The van der Waals surface area contributed by atoms with Crippen LogP contribution in [-0.4, -0.2) is 123 Å². The number of aromatic amines is 1. The summed E-state index contributed by atoms with van der Waals surface area (Å²) >= 11 is 10.1. The molecule has 0 saturated carbocycles. The molecule has 0 unspecified atom stereocenters. The number of nitrogens with one attached hydrogen (secondary N) is 2. The Bertz CT molecular complexity index is 2900. The monoisotopic (exact) mass is 1100 g/mol. The molecule has 2 atom stereocenters. The molecule has 0 bridgehead atoms. The summed E-state index contributed by atoms with van der Waals surface area (Å²) < 4.78 is 27.7. The smallest absolute Gasteiger partial charge is 0.251 e. The van der Waals surface area contributed by atoms with Crippen molar-refractivity contribution in [3.63, 3.8) is 0 Å². The Morgan fingerprint density at radius 2 is 1.31 bits per heavy atom. The fourth-order valence-electron chi connectivity index (χ4n) is 8.59. The molecule has 24 heteroatoms. The first-order valence-corrected chi connectivity index (χ1v) is 25.5. The molecule has 2 aromatic carbocycles. The third kappa shape index (κ3) is 10.5. The molecule has 360 valence electrons. The Balaban J connectivity index is 0.000000170. The zero-order chi connectivity index (χ0) is 47.6. The summed E-state index contributed by atoms with van der Waals surface area (Å²) in [6.45, 7) is 7.57. The number of aliphatic hydroxyl groups is 2. The third-order valence-electron chi connectivity index (χ3n) is 12.4. The standard InChI is InChI=1S/2C22H25BrN6O4S/c1-12(30)21(31)28-5-2-13(3-6-28)4-7-29-10-25-19(24)18-20(29)27-22(26-18)34-17-9-16-15(8-14(17)23)32-11-33-16;1-12(30)21(31)28-5-2-13(3-6-28)4-7-29-20-18(19(24)25-10-26-20)27-22(29)34-17-9-16-15(8-14(17)23)32-11-33-16/h8-10,12-13,24,30H,2-7,11H2,1H3,(H,26,27);8-10,12-13,30H,2-7,11H2,1H3,(H2,24,25,26)/t2*12-/m00/s1. The van der Waals surface area contributed by atoms with Gasteiger partial charge in [0.05, 0.1) is 6.33 Å². The van der Waals surface area contributed by atoms with Crippen LogP contribution in [0, 0.1) is 17.2 Å². The van der Waals surface area contributed by atoms with Gasteiger partial charge in [0, 0.05) is 58.0 Å². The SMILES string of the molecule is C[C@H](O)C(=O)N1CCC(CCn2c(Sc3cc4c(cc3Br)OCO4)nc3c(N)ncnc32)CC1.C[C@H](O)C(=O)N1CCC(CCn2cnc(=N)c3[nH]c(Sc4cc5c(cc4Br)OCO5)nc32)CC1. The lowest BCUT2D eigenvalue weighted by atomic mass is 9.93. The topological polar surface area (TPSA) is 258 Å². The number of aryl methyl sites for hydroxylation is 2. The van der Waals surface area contributed by atoms with Crippen LogP contribution in [0.4, 0.5) is 5.82 Å². The number of nitrogens with two attached hydrogens (primary N) is 1. The normalized spacial score (nSPS) is 16.9. The number of benzene rings is 2. The number of imidazole rings is 2. The molecule has 0 radical (unpaired) electrons. The molecule has 10 rings (SSSR count). The van der Waals surface area contributed by atoms with Gasteiger partial charge in [0.15, 0.2) is 61.4 Å². The van der Waals surface area contributed by atoms with Crippen molar-refractivity contribution >= 4 is 95.3 Å². The molecule has 4 aromatic heterocycles. The molecule has 0 aliphatic carbocycles. The Hall–Kier alpha value is -5.14. The number of carbonyl (C=O) groups excluding carboxylic acids is 2.